The standard InChI is InChI=1S/C17H27N5S.HI/c1-13(16-7-5-10-23-16)12-20-17(18-4)19-8-6-9-22-15(3)11-14(2)21-22;/h5,7,10-11,13H,6,8-9,12H2,1-4H3,(H2,18,19,20);1H. The van der Waals surface area contributed by atoms with E-state index >= 15 is 0 Å². The number of thiophene rings is 1. The summed E-state index contributed by atoms with van der Waals surface area (Å²) < 4.78 is 2.06. The van der Waals surface area contributed by atoms with Gasteiger partial charge in [-0.3, -0.25) is 9.67 Å². The Balaban J connectivity index is 0.00000288. The van der Waals surface area contributed by atoms with Crippen molar-refractivity contribution in [1.29, 1.82) is 0 Å². The number of hydrogen-bond donors (Lipinski definition) is 2. The van der Waals surface area contributed by atoms with Gasteiger partial charge < -0.3 is 10.6 Å². The Morgan fingerprint density at radius 3 is 2.75 bits per heavy atom. The van der Waals surface area contributed by atoms with E-state index in [1.54, 1.807) is 11.3 Å². The molecule has 134 valence electrons. The quantitative estimate of drug-likeness (QED) is 0.287. The zero-order valence-electron chi connectivity index (χ0n) is 14.9. The molecule has 1 unspecified atom stereocenters. The lowest BCUT2D eigenvalue weighted by molar-refractivity contribution is 0.554. The van der Waals surface area contributed by atoms with Gasteiger partial charge in [0.2, 0.25) is 0 Å². The van der Waals surface area contributed by atoms with E-state index in [1.807, 2.05) is 14.0 Å². The number of rotatable bonds is 7. The number of nitrogens with one attached hydrogen (secondary N) is 2. The molecule has 0 saturated heterocycles. The largest absolute Gasteiger partial charge is 0.356 e. The molecule has 5 nitrogen and oxygen atoms in total. The number of aryl methyl sites for hydroxylation is 3. The van der Waals surface area contributed by atoms with E-state index in [-0.39, 0.29) is 24.0 Å². The molecule has 0 fully saturated rings. The van der Waals surface area contributed by atoms with Gasteiger partial charge in [-0.2, -0.15) is 5.10 Å². The lowest BCUT2D eigenvalue weighted by Gasteiger charge is -2.15. The average Bonchev–Trinajstić information content (AvgIpc) is 3.16. The molecule has 2 aromatic rings. The highest BCUT2D eigenvalue weighted by atomic mass is 127. The Kier molecular flexibility index (Phi) is 9.35. The first kappa shape index (κ1) is 21.0. The van der Waals surface area contributed by atoms with Crippen LogP contribution < -0.4 is 10.6 Å². The van der Waals surface area contributed by atoms with Crippen molar-refractivity contribution in [2.24, 2.45) is 4.99 Å². The Morgan fingerprint density at radius 2 is 2.17 bits per heavy atom. The number of halogens is 1. The van der Waals surface area contributed by atoms with Crippen LogP contribution in [0.5, 0.6) is 0 Å². The normalized spacial score (nSPS) is 12.6. The Hall–Kier alpha value is -1.09. The van der Waals surface area contributed by atoms with E-state index in [4.69, 9.17) is 0 Å². The Bertz CT molecular complexity index is 621. The van der Waals surface area contributed by atoms with E-state index < -0.39 is 0 Å². The fraction of sp³-hybridized carbons (Fsp3) is 0.529. The molecule has 0 aliphatic heterocycles. The van der Waals surface area contributed by atoms with Gasteiger partial charge in [-0.15, -0.1) is 35.3 Å². The summed E-state index contributed by atoms with van der Waals surface area (Å²) in [7, 11) is 1.81. The molecule has 0 aliphatic rings. The third-order valence-corrected chi connectivity index (χ3v) is 4.87. The molecular formula is C17H28IN5S. The third-order valence-electron chi connectivity index (χ3n) is 3.77. The second-order valence-corrected chi connectivity index (χ2v) is 6.78. The molecule has 2 N–H and O–H groups in total. The molecule has 2 rings (SSSR count). The van der Waals surface area contributed by atoms with Crippen LogP contribution in [0.4, 0.5) is 0 Å². The summed E-state index contributed by atoms with van der Waals surface area (Å²) in [5.74, 6) is 1.35. The number of nitrogens with zero attached hydrogens (tertiary/aromatic N) is 3. The maximum atomic E-state index is 4.48. The second kappa shape index (κ2) is 10.7. The van der Waals surface area contributed by atoms with Crippen molar-refractivity contribution in [3.8, 4) is 0 Å². The van der Waals surface area contributed by atoms with Gasteiger partial charge in [-0.25, -0.2) is 0 Å². The van der Waals surface area contributed by atoms with Gasteiger partial charge >= 0.3 is 0 Å². The molecule has 2 heterocycles. The summed E-state index contributed by atoms with van der Waals surface area (Å²) >= 11 is 1.80. The predicted molar refractivity (Wildman–Crippen MR) is 114 cm³/mol. The first-order chi connectivity index (χ1) is 11.1. The average molecular weight is 461 g/mol. The van der Waals surface area contributed by atoms with E-state index in [2.05, 4.69) is 62.8 Å². The van der Waals surface area contributed by atoms with Crippen molar-refractivity contribution >= 4 is 41.3 Å². The van der Waals surface area contributed by atoms with Crippen LogP contribution >= 0.6 is 35.3 Å². The molecule has 7 heteroatoms. The van der Waals surface area contributed by atoms with Gasteiger partial charge in [0, 0.05) is 43.2 Å². The summed E-state index contributed by atoms with van der Waals surface area (Å²) in [4.78, 5) is 5.68. The highest BCUT2D eigenvalue weighted by molar-refractivity contribution is 14.0. The van der Waals surface area contributed by atoms with Crippen molar-refractivity contribution in [2.75, 3.05) is 20.1 Å². The van der Waals surface area contributed by atoms with Crippen LogP contribution in [0.2, 0.25) is 0 Å². The van der Waals surface area contributed by atoms with Gasteiger partial charge in [0.15, 0.2) is 5.96 Å². The molecular weight excluding hydrogens is 433 g/mol. The van der Waals surface area contributed by atoms with Crippen molar-refractivity contribution < 1.29 is 0 Å². The zero-order valence-corrected chi connectivity index (χ0v) is 18.0. The molecule has 0 saturated carbocycles. The van der Waals surface area contributed by atoms with Crippen molar-refractivity contribution in [1.82, 2.24) is 20.4 Å². The van der Waals surface area contributed by atoms with Crippen molar-refractivity contribution in [2.45, 2.75) is 39.7 Å². The summed E-state index contributed by atoms with van der Waals surface area (Å²) in [5.41, 5.74) is 2.30. The van der Waals surface area contributed by atoms with Crippen molar-refractivity contribution in [3.05, 3.63) is 39.8 Å². The lowest BCUT2D eigenvalue weighted by Crippen LogP contribution is -2.39. The first-order valence-electron chi connectivity index (χ1n) is 8.09. The van der Waals surface area contributed by atoms with Crippen LogP contribution in [0.15, 0.2) is 28.6 Å². The molecule has 0 radical (unpaired) electrons. The number of aliphatic imine (C=N–C) groups is 1. The van der Waals surface area contributed by atoms with E-state index in [9.17, 15) is 0 Å². The predicted octanol–water partition coefficient (Wildman–Crippen LogP) is 3.54. The van der Waals surface area contributed by atoms with Gasteiger partial charge in [0.1, 0.15) is 0 Å². The lowest BCUT2D eigenvalue weighted by atomic mass is 10.1. The summed E-state index contributed by atoms with van der Waals surface area (Å²) in [5, 5.41) is 13.4. The second-order valence-electron chi connectivity index (χ2n) is 5.80. The minimum atomic E-state index is 0. The van der Waals surface area contributed by atoms with E-state index in [0.717, 1.165) is 37.7 Å². The summed E-state index contributed by atoms with van der Waals surface area (Å²) in [6.07, 6.45) is 1.02. The van der Waals surface area contributed by atoms with Gasteiger partial charge in [-0.05, 0) is 37.8 Å². The van der Waals surface area contributed by atoms with Crippen LogP contribution in [0.3, 0.4) is 0 Å². The van der Waals surface area contributed by atoms with Crippen LogP contribution in [0.1, 0.15) is 35.5 Å². The number of guanidine groups is 1. The highest BCUT2D eigenvalue weighted by Crippen LogP contribution is 2.19. The van der Waals surface area contributed by atoms with Crippen molar-refractivity contribution in [3.63, 3.8) is 0 Å². The molecule has 0 aliphatic carbocycles. The van der Waals surface area contributed by atoms with Gasteiger partial charge in [-0.1, -0.05) is 13.0 Å². The molecule has 24 heavy (non-hydrogen) atoms. The maximum Gasteiger partial charge on any atom is 0.190 e. The Labute approximate surface area is 166 Å². The fourth-order valence-corrected chi connectivity index (χ4v) is 3.27. The fourth-order valence-electron chi connectivity index (χ4n) is 2.48. The van der Waals surface area contributed by atoms with Crippen LogP contribution in [0, 0.1) is 13.8 Å². The molecule has 0 amide bonds. The van der Waals surface area contributed by atoms with Gasteiger partial charge in [0.05, 0.1) is 5.69 Å². The van der Waals surface area contributed by atoms with Crippen LogP contribution in [-0.2, 0) is 6.54 Å². The van der Waals surface area contributed by atoms with E-state index in [1.165, 1.54) is 10.6 Å². The molecule has 0 aromatic carbocycles. The molecule has 1 atom stereocenters. The third kappa shape index (κ3) is 6.43. The molecule has 0 spiro atoms. The topological polar surface area (TPSA) is 54.2 Å². The molecule has 2 aromatic heterocycles. The zero-order chi connectivity index (χ0) is 16.7. The number of hydrogen-bond acceptors (Lipinski definition) is 3. The monoisotopic (exact) mass is 461 g/mol. The van der Waals surface area contributed by atoms with Crippen LogP contribution in [-0.4, -0.2) is 35.9 Å². The molecule has 0 bridgehead atoms. The van der Waals surface area contributed by atoms with E-state index in [0.29, 0.717) is 5.92 Å². The first-order valence-corrected chi connectivity index (χ1v) is 8.97. The maximum absolute atomic E-state index is 4.48. The minimum absolute atomic E-state index is 0. The minimum Gasteiger partial charge on any atom is -0.356 e. The summed E-state index contributed by atoms with van der Waals surface area (Å²) in [6, 6.07) is 6.39. The van der Waals surface area contributed by atoms with Gasteiger partial charge in [0.25, 0.3) is 0 Å². The SMILES string of the molecule is CN=C(NCCCn1nc(C)cc1C)NCC(C)c1cccs1.I. The smallest absolute Gasteiger partial charge is 0.190 e. The number of aromatic nitrogens is 2. The highest BCUT2D eigenvalue weighted by Gasteiger charge is 2.07. The Morgan fingerprint density at radius 1 is 1.38 bits per heavy atom. The summed E-state index contributed by atoms with van der Waals surface area (Å²) in [6.45, 7) is 9.05. The van der Waals surface area contributed by atoms with Crippen LogP contribution in [0.25, 0.3) is 0 Å².